The molecule has 1 heterocycles. The first-order valence-electron chi connectivity index (χ1n) is 6.80. The third-order valence-corrected chi connectivity index (χ3v) is 3.10. The first-order chi connectivity index (χ1) is 9.31. The lowest BCUT2D eigenvalue weighted by atomic mass is 10.4. The summed E-state index contributed by atoms with van der Waals surface area (Å²) in [6.07, 6.45) is 3.52. The predicted molar refractivity (Wildman–Crippen MR) is 76.1 cm³/mol. The highest BCUT2D eigenvalue weighted by Crippen LogP contribution is 2.05. The first-order valence-corrected chi connectivity index (χ1v) is 6.80. The minimum absolute atomic E-state index is 0.0168. The molecule has 1 atom stereocenters. The predicted octanol–water partition coefficient (Wildman–Crippen LogP) is 0.328. The molecule has 1 N–H and O–H groups in total. The molecule has 1 saturated heterocycles. The summed E-state index contributed by atoms with van der Waals surface area (Å²) in [7, 11) is 0. The van der Waals surface area contributed by atoms with Gasteiger partial charge in [-0.3, -0.25) is 9.80 Å². The molecule has 0 saturated carbocycles. The van der Waals surface area contributed by atoms with Gasteiger partial charge < -0.3 is 14.6 Å². The topological polar surface area (TPSA) is 45.2 Å². The van der Waals surface area contributed by atoms with E-state index in [-0.39, 0.29) is 12.8 Å². The van der Waals surface area contributed by atoms with Gasteiger partial charge in [0.1, 0.15) is 6.23 Å². The van der Waals surface area contributed by atoms with Crippen LogP contribution in [0.1, 0.15) is 0 Å². The Bertz CT molecular complexity index is 245. The number of aliphatic hydroxyl groups excluding tert-OH is 1. The van der Waals surface area contributed by atoms with Crippen LogP contribution in [-0.4, -0.2) is 80.3 Å². The number of aliphatic hydroxyl groups is 1. The van der Waals surface area contributed by atoms with E-state index in [1.165, 1.54) is 0 Å². The van der Waals surface area contributed by atoms with Crippen molar-refractivity contribution in [2.45, 2.75) is 6.23 Å². The molecule has 0 aromatic carbocycles. The second-order valence-corrected chi connectivity index (χ2v) is 4.49. The van der Waals surface area contributed by atoms with Gasteiger partial charge in [-0.25, -0.2) is 0 Å². The quantitative estimate of drug-likeness (QED) is 0.580. The molecule has 110 valence electrons. The van der Waals surface area contributed by atoms with Crippen LogP contribution in [0.3, 0.4) is 0 Å². The zero-order valence-electron chi connectivity index (χ0n) is 11.7. The van der Waals surface area contributed by atoms with Crippen LogP contribution in [0, 0.1) is 0 Å². The molecule has 0 radical (unpaired) electrons. The number of nitrogens with zero attached hydrogens (tertiary/aromatic N) is 2. The van der Waals surface area contributed by atoms with Gasteiger partial charge in [-0.2, -0.15) is 0 Å². The fourth-order valence-corrected chi connectivity index (χ4v) is 2.08. The number of hydrogen-bond acceptors (Lipinski definition) is 5. The molecular formula is C14H26N2O3. The Balaban J connectivity index is 2.27. The molecular weight excluding hydrogens is 244 g/mol. The monoisotopic (exact) mass is 270 g/mol. The molecule has 1 rings (SSSR count). The first kappa shape index (κ1) is 16.3. The van der Waals surface area contributed by atoms with E-state index in [0.29, 0.717) is 19.8 Å². The van der Waals surface area contributed by atoms with Crippen LogP contribution in [0.2, 0.25) is 0 Å². The van der Waals surface area contributed by atoms with Crippen LogP contribution >= 0.6 is 0 Å². The highest BCUT2D eigenvalue weighted by molar-refractivity contribution is 4.79. The van der Waals surface area contributed by atoms with Crippen LogP contribution in [0.5, 0.6) is 0 Å². The maximum Gasteiger partial charge on any atom is 0.134 e. The molecule has 19 heavy (non-hydrogen) atoms. The minimum Gasteiger partial charge on any atom is -0.392 e. The van der Waals surface area contributed by atoms with E-state index in [9.17, 15) is 5.11 Å². The van der Waals surface area contributed by atoms with Crippen molar-refractivity contribution >= 4 is 0 Å². The third kappa shape index (κ3) is 6.31. The van der Waals surface area contributed by atoms with Gasteiger partial charge in [0, 0.05) is 32.7 Å². The molecule has 1 unspecified atom stereocenters. The summed E-state index contributed by atoms with van der Waals surface area (Å²) < 4.78 is 11.1. The van der Waals surface area contributed by atoms with E-state index in [2.05, 4.69) is 23.0 Å². The molecule has 0 aromatic heterocycles. The van der Waals surface area contributed by atoms with E-state index in [4.69, 9.17) is 9.47 Å². The summed E-state index contributed by atoms with van der Waals surface area (Å²) in [5.41, 5.74) is 0. The summed E-state index contributed by atoms with van der Waals surface area (Å²) >= 11 is 0. The van der Waals surface area contributed by atoms with Crippen molar-refractivity contribution in [2.75, 3.05) is 59.2 Å². The second-order valence-electron chi connectivity index (χ2n) is 4.49. The zero-order chi connectivity index (χ0) is 13.9. The summed E-state index contributed by atoms with van der Waals surface area (Å²) in [4.78, 5) is 4.31. The molecule has 0 spiro atoms. The second kappa shape index (κ2) is 10.1. The van der Waals surface area contributed by atoms with Crippen molar-refractivity contribution in [3.05, 3.63) is 25.3 Å². The van der Waals surface area contributed by atoms with E-state index in [1.54, 1.807) is 0 Å². The summed E-state index contributed by atoms with van der Waals surface area (Å²) in [6.45, 7) is 13.6. The normalized spacial score (nSPS) is 18.4. The minimum atomic E-state index is -0.224. The smallest absolute Gasteiger partial charge is 0.134 e. The molecule has 1 fully saturated rings. The SMILES string of the molecule is C=CCN(CC=C)CCOC(CO)N1CCOCC1. The molecule has 0 bridgehead atoms. The van der Waals surface area contributed by atoms with E-state index in [0.717, 1.165) is 32.7 Å². The van der Waals surface area contributed by atoms with Crippen LogP contribution in [0.4, 0.5) is 0 Å². The Labute approximate surface area is 116 Å². The van der Waals surface area contributed by atoms with E-state index < -0.39 is 0 Å². The van der Waals surface area contributed by atoms with Gasteiger partial charge in [0.2, 0.25) is 0 Å². The standard InChI is InChI=1S/C14H26N2O3/c1-3-5-15(6-4-2)7-12-19-14(13-17)16-8-10-18-11-9-16/h3-4,14,17H,1-2,5-13H2. The van der Waals surface area contributed by atoms with Gasteiger partial charge >= 0.3 is 0 Å². The Morgan fingerprint density at radius 1 is 1.26 bits per heavy atom. The van der Waals surface area contributed by atoms with Gasteiger partial charge in [-0.1, -0.05) is 12.2 Å². The van der Waals surface area contributed by atoms with Crippen molar-refractivity contribution in [3.63, 3.8) is 0 Å². The average molecular weight is 270 g/mol. The van der Waals surface area contributed by atoms with Crippen molar-refractivity contribution in [1.82, 2.24) is 9.80 Å². The molecule has 0 aromatic rings. The maximum absolute atomic E-state index is 9.40. The lowest BCUT2D eigenvalue weighted by molar-refractivity contribution is -0.118. The number of hydrogen-bond donors (Lipinski definition) is 1. The summed E-state index contributed by atoms with van der Waals surface area (Å²) in [5, 5.41) is 9.40. The highest BCUT2D eigenvalue weighted by Gasteiger charge is 2.20. The fourth-order valence-electron chi connectivity index (χ4n) is 2.08. The van der Waals surface area contributed by atoms with Gasteiger partial charge in [0.05, 0.1) is 26.4 Å². The van der Waals surface area contributed by atoms with Crippen LogP contribution < -0.4 is 0 Å². The number of rotatable bonds is 10. The van der Waals surface area contributed by atoms with Gasteiger partial charge in [0.15, 0.2) is 0 Å². The zero-order valence-corrected chi connectivity index (χ0v) is 11.7. The number of morpholine rings is 1. The Morgan fingerprint density at radius 2 is 1.89 bits per heavy atom. The van der Waals surface area contributed by atoms with Crippen LogP contribution in [0.15, 0.2) is 25.3 Å². The Hall–Kier alpha value is -0.720. The van der Waals surface area contributed by atoms with Crippen LogP contribution in [0.25, 0.3) is 0 Å². The summed E-state index contributed by atoms with van der Waals surface area (Å²) in [6, 6.07) is 0. The molecule has 0 amide bonds. The largest absolute Gasteiger partial charge is 0.392 e. The third-order valence-electron chi connectivity index (χ3n) is 3.10. The lowest BCUT2D eigenvalue weighted by Gasteiger charge is -2.33. The van der Waals surface area contributed by atoms with Crippen molar-refractivity contribution < 1.29 is 14.6 Å². The van der Waals surface area contributed by atoms with Crippen molar-refractivity contribution in [2.24, 2.45) is 0 Å². The lowest BCUT2D eigenvalue weighted by Crippen LogP contribution is -2.47. The molecule has 1 aliphatic rings. The molecule has 1 aliphatic heterocycles. The summed E-state index contributed by atoms with van der Waals surface area (Å²) in [5.74, 6) is 0. The number of ether oxygens (including phenoxy) is 2. The van der Waals surface area contributed by atoms with Crippen molar-refractivity contribution in [1.29, 1.82) is 0 Å². The average Bonchev–Trinajstić information content (AvgIpc) is 2.45. The van der Waals surface area contributed by atoms with Gasteiger partial charge in [-0.15, -0.1) is 13.2 Å². The maximum atomic E-state index is 9.40. The fraction of sp³-hybridized carbons (Fsp3) is 0.714. The Kier molecular flexibility index (Phi) is 8.69. The van der Waals surface area contributed by atoms with Crippen LogP contribution in [-0.2, 0) is 9.47 Å². The van der Waals surface area contributed by atoms with E-state index >= 15 is 0 Å². The van der Waals surface area contributed by atoms with Crippen molar-refractivity contribution in [3.8, 4) is 0 Å². The molecule has 5 heteroatoms. The molecule has 5 nitrogen and oxygen atoms in total. The molecule has 0 aliphatic carbocycles. The highest BCUT2D eigenvalue weighted by atomic mass is 16.5. The Morgan fingerprint density at radius 3 is 2.42 bits per heavy atom. The van der Waals surface area contributed by atoms with E-state index in [1.807, 2.05) is 12.2 Å². The van der Waals surface area contributed by atoms with Gasteiger partial charge in [0.25, 0.3) is 0 Å². The van der Waals surface area contributed by atoms with Gasteiger partial charge in [-0.05, 0) is 0 Å².